The molecule has 0 saturated heterocycles. The lowest BCUT2D eigenvalue weighted by atomic mass is 10.1. The Hall–Kier alpha value is -3.28. The summed E-state index contributed by atoms with van der Waals surface area (Å²) in [5, 5.41) is 2.81. The summed E-state index contributed by atoms with van der Waals surface area (Å²) in [6.45, 7) is 3.81. The molecule has 0 radical (unpaired) electrons. The summed E-state index contributed by atoms with van der Waals surface area (Å²) in [4.78, 5) is 16.5. The molecule has 0 fully saturated rings. The number of benzene rings is 2. The zero-order valence-corrected chi connectivity index (χ0v) is 14.9. The number of hydrogen-bond acceptors (Lipinski definition) is 3. The maximum atomic E-state index is 13.7. The number of ether oxygens (including phenoxy) is 1. The molecule has 1 unspecified atom stereocenters. The van der Waals surface area contributed by atoms with Crippen LogP contribution in [-0.4, -0.2) is 10.9 Å². The highest BCUT2D eigenvalue weighted by Gasteiger charge is 2.19. The normalized spacial score (nSPS) is 11.7. The Labute approximate surface area is 155 Å². The van der Waals surface area contributed by atoms with Crippen LogP contribution >= 0.6 is 0 Å². The van der Waals surface area contributed by atoms with Crippen molar-refractivity contribution in [1.29, 1.82) is 0 Å². The Kier molecular flexibility index (Phi) is 5.45. The Morgan fingerprint density at radius 1 is 1.04 bits per heavy atom. The van der Waals surface area contributed by atoms with E-state index < -0.39 is 17.5 Å². The van der Waals surface area contributed by atoms with Crippen LogP contribution in [0.3, 0.4) is 0 Å². The van der Waals surface area contributed by atoms with Crippen LogP contribution in [0.15, 0.2) is 60.8 Å². The van der Waals surface area contributed by atoms with Gasteiger partial charge in [-0.05, 0) is 49.7 Å². The Morgan fingerprint density at radius 3 is 2.37 bits per heavy atom. The van der Waals surface area contributed by atoms with Crippen LogP contribution in [0.2, 0.25) is 0 Å². The van der Waals surface area contributed by atoms with E-state index in [4.69, 9.17) is 4.74 Å². The van der Waals surface area contributed by atoms with Gasteiger partial charge in [-0.25, -0.2) is 13.8 Å². The number of pyridine rings is 1. The zero-order chi connectivity index (χ0) is 19.4. The number of hydrogen-bond donors (Lipinski definition) is 1. The summed E-state index contributed by atoms with van der Waals surface area (Å²) >= 11 is 0. The number of rotatable bonds is 5. The molecule has 0 aliphatic rings. The smallest absolute Gasteiger partial charge is 0.257 e. The van der Waals surface area contributed by atoms with E-state index in [1.165, 1.54) is 24.3 Å². The lowest BCUT2D eigenvalue weighted by Gasteiger charge is -2.16. The molecule has 1 aromatic heterocycles. The minimum Gasteiger partial charge on any atom is -0.438 e. The molecule has 2 aromatic carbocycles. The minimum atomic E-state index is -0.658. The molecule has 6 heteroatoms. The van der Waals surface area contributed by atoms with E-state index in [2.05, 4.69) is 10.3 Å². The molecule has 0 spiro atoms. The molecule has 1 N–H and O–H groups in total. The van der Waals surface area contributed by atoms with E-state index in [0.717, 1.165) is 23.4 Å². The predicted molar refractivity (Wildman–Crippen MR) is 97.7 cm³/mol. The summed E-state index contributed by atoms with van der Waals surface area (Å²) < 4.78 is 32.2. The molecule has 0 bridgehead atoms. The standard InChI is InChI=1S/C21H18F2N2O2/c1-13-3-5-15(6-4-13)14(2)25-20(26)19-11-17(23)12-24-21(19)27-18-9-7-16(22)8-10-18/h3-12,14H,1-2H3,(H,25,26). The predicted octanol–water partition coefficient (Wildman–Crippen LogP) is 4.95. The van der Waals surface area contributed by atoms with Gasteiger partial charge in [0.15, 0.2) is 0 Å². The van der Waals surface area contributed by atoms with Crippen molar-refractivity contribution in [3.8, 4) is 11.6 Å². The molecule has 1 atom stereocenters. The van der Waals surface area contributed by atoms with Crippen LogP contribution < -0.4 is 10.1 Å². The van der Waals surface area contributed by atoms with E-state index >= 15 is 0 Å². The van der Waals surface area contributed by atoms with Crippen LogP contribution in [-0.2, 0) is 0 Å². The molecule has 0 aliphatic carbocycles. The maximum Gasteiger partial charge on any atom is 0.257 e. The number of nitrogens with zero attached hydrogens (tertiary/aromatic N) is 1. The minimum absolute atomic E-state index is 0.0433. The molecule has 3 rings (SSSR count). The van der Waals surface area contributed by atoms with Gasteiger partial charge in [0, 0.05) is 0 Å². The van der Waals surface area contributed by atoms with Crippen molar-refractivity contribution >= 4 is 5.91 Å². The first kappa shape index (κ1) is 18.5. The Balaban J connectivity index is 1.81. The van der Waals surface area contributed by atoms with Gasteiger partial charge >= 0.3 is 0 Å². The molecule has 27 heavy (non-hydrogen) atoms. The highest BCUT2D eigenvalue weighted by molar-refractivity contribution is 5.96. The monoisotopic (exact) mass is 368 g/mol. The molecule has 0 saturated carbocycles. The second-order valence-corrected chi connectivity index (χ2v) is 6.17. The van der Waals surface area contributed by atoms with E-state index in [9.17, 15) is 13.6 Å². The summed E-state index contributed by atoms with van der Waals surface area (Å²) in [6, 6.07) is 13.7. The maximum absolute atomic E-state index is 13.7. The van der Waals surface area contributed by atoms with Crippen molar-refractivity contribution < 1.29 is 18.3 Å². The quantitative estimate of drug-likeness (QED) is 0.693. The van der Waals surface area contributed by atoms with Gasteiger partial charge in [-0.2, -0.15) is 0 Å². The highest BCUT2D eigenvalue weighted by atomic mass is 19.1. The summed E-state index contributed by atoms with van der Waals surface area (Å²) in [6.07, 6.45) is 0.957. The first-order valence-corrected chi connectivity index (χ1v) is 8.39. The number of carbonyl (C=O) groups excluding carboxylic acids is 1. The van der Waals surface area contributed by atoms with Crippen LogP contribution in [0.25, 0.3) is 0 Å². The van der Waals surface area contributed by atoms with Gasteiger partial charge in [-0.3, -0.25) is 4.79 Å². The fourth-order valence-corrected chi connectivity index (χ4v) is 2.50. The Bertz CT molecular complexity index is 941. The third kappa shape index (κ3) is 4.67. The average molecular weight is 368 g/mol. The van der Waals surface area contributed by atoms with E-state index in [0.29, 0.717) is 0 Å². The van der Waals surface area contributed by atoms with Crippen LogP contribution in [0.1, 0.15) is 34.5 Å². The van der Waals surface area contributed by atoms with Gasteiger partial charge in [0.25, 0.3) is 5.91 Å². The van der Waals surface area contributed by atoms with Gasteiger partial charge in [0.05, 0.1) is 12.2 Å². The summed E-state index contributed by atoms with van der Waals surface area (Å²) in [5.74, 6) is -1.37. The van der Waals surface area contributed by atoms with Gasteiger partial charge in [0.1, 0.15) is 22.9 Å². The largest absolute Gasteiger partial charge is 0.438 e. The third-order valence-electron chi connectivity index (χ3n) is 4.02. The lowest BCUT2D eigenvalue weighted by molar-refractivity contribution is 0.0936. The number of amides is 1. The van der Waals surface area contributed by atoms with Crippen LogP contribution in [0, 0.1) is 18.6 Å². The van der Waals surface area contributed by atoms with Gasteiger partial charge in [-0.15, -0.1) is 0 Å². The molecule has 1 amide bonds. The van der Waals surface area contributed by atoms with Crippen molar-refractivity contribution in [3.63, 3.8) is 0 Å². The van der Waals surface area contributed by atoms with Crippen molar-refractivity contribution in [3.05, 3.63) is 89.1 Å². The Morgan fingerprint density at radius 2 is 1.70 bits per heavy atom. The number of aryl methyl sites for hydroxylation is 1. The summed E-state index contributed by atoms with van der Waals surface area (Å²) in [5.41, 5.74) is 1.99. The van der Waals surface area contributed by atoms with Crippen molar-refractivity contribution in [1.82, 2.24) is 10.3 Å². The zero-order valence-electron chi connectivity index (χ0n) is 14.9. The molecule has 4 nitrogen and oxygen atoms in total. The van der Waals surface area contributed by atoms with E-state index in [-0.39, 0.29) is 23.2 Å². The number of carbonyl (C=O) groups is 1. The second kappa shape index (κ2) is 7.95. The molecular weight excluding hydrogens is 350 g/mol. The number of halogens is 2. The van der Waals surface area contributed by atoms with Gasteiger partial charge in [-0.1, -0.05) is 29.8 Å². The fourth-order valence-electron chi connectivity index (χ4n) is 2.50. The molecule has 1 heterocycles. The first-order valence-electron chi connectivity index (χ1n) is 8.39. The number of aromatic nitrogens is 1. The number of nitrogens with one attached hydrogen (secondary N) is 1. The summed E-state index contributed by atoms with van der Waals surface area (Å²) in [7, 11) is 0. The molecule has 0 aliphatic heterocycles. The molecule has 3 aromatic rings. The van der Waals surface area contributed by atoms with Gasteiger partial charge < -0.3 is 10.1 Å². The average Bonchev–Trinajstić information content (AvgIpc) is 2.65. The van der Waals surface area contributed by atoms with Crippen LogP contribution in [0.4, 0.5) is 8.78 Å². The first-order chi connectivity index (χ1) is 12.9. The third-order valence-corrected chi connectivity index (χ3v) is 4.02. The topological polar surface area (TPSA) is 51.2 Å². The fraction of sp³-hybridized carbons (Fsp3) is 0.143. The second-order valence-electron chi connectivity index (χ2n) is 6.17. The van der Waals surface area contributed by atoms with Crippen molar-refractivity contribution in [2.24, 2.45) is 0 Å². The van der Waals surface area contributed by atoms with Crippen molar-refractivity contribution in [2.75, 3.05) is 0 Å². The lowest BCUT2D eigenvalue weighted by Crippen LogP contribution is -2.27. The van der Waals surface area contributed by atoms with E-state index in [1.54, 1.807) is 0 Å². The SMILES string of the molecule is Cc1ccc(C(C)NC(=O)c2cc(F)cnc2Oc2ccc(F)cc2)cc1. The van der Waals surface area contributed by atoms with E-state index in [1.807, 2.05) is 38.1 Å². The molecule has 138 valence electrons. The van der Waals surface area contributed by atoms with Crippen molar-refractivity contribution in [2.45, 2.75) is 19.9 Å². The van der Waals surface area contributed by atoms with Gasteiger partial charge in [0.2, 0.25) is 5.88 Å². The molecular formula is C21H18F2N2O2. The highest BCUT2D eigenvalue weighted by Crippen LogP contribution is 2.25. The van der Waals surface area contributed by atoms with Crippen LogP contribution in [0.5, 0.6) is 11.6 Å².